The molecule has 0 saturated carbocycles. The van der Waals surface area contributed by atoms with Crippen LogP contribution in [0.25, 0.3) is 0 Å². The minimum atomic E-state index is -1.29. The summed E-state index contributed by atoms with van der Waals surface area (Å²) in [4.78, 5) is 57.2. The average molecular weight is 511 g/mol. The number of nitrogens with one attached hydrogen (secondary N) is 2. The molecular weight excluding hydrogens is 496 g/mol. The molecule has 0 radical (unpaired) electrons. The second kappa shape index (κ2) is 8.88. The quantitative estimate of drug-likeness (QED) is 0.162. The van der Waals surface area contributed by atoms with Crippen molar-refractivity contribution in [2.45, 2.75) is 29.8 Å². The van der Waals surface area contributed by atoms with Gasteiger partial charge in [0.25, 0.3) is 11.8 Å². The zero-order chi connectivity index (χ0) is 23.9. The van der Waals surface area contributed by atoms with Gasteiger partial charge in [-0.1, -0.05) is 39.9 Å². The molecular formula is C18H15ClN6O6S2. The number of nitrogen functional groups attached to an aromatic ring is 1. The molecule has 4 rings (SSSR count). The molecule has 2 amide bonds. The number of carboxylic acid groups (broad SMARTS) is 1. The molecule has 1 fully saturated rings. The molecule has 0 spiro atoms. The lowest BCUT2D eigenvalue weighted by Gasteiger charge is -2.50. The highest BCUT2D eigenvalue weighted by Gasteiger charge is 2.53. The monoisotopic (exact) mass is 510 g/mol. The van der Waals surface area contributed by atoms with Crippen LogP contribution in [-0.2, 0) is 14.4 Å². The number of nitrogens with zero attached hydrogens (tertiary/aromatic N) is 3. The number of oxime groups is 1. The van der Waals surface area contributed by atoms with Gasteiger partial charge >= 0.3 is 5.97 Å². The summed E-state index contributed by atoms with van der Waals surface area (Å²) in [5.41, 5.74) is 4.44. The Balaban J connectivity index is 1.54. The first-order valence-electron chi connectivity index (χ1n) is 9.32. The molecule has 2 aromatic rings. The summed E-state index contributed by atoms with van der Waals surface area (Å²) in [7, 11) is 0. The number of hydrogen-bond donors (Lipinski definition) is 5. The number of rotatable bonds is 6. The summed E-state index contributed by atoms with van der Waals surface area (Å²) >= 11 is 7.99. The fourth-order valence-electron chi connectivity index (χ4n) is 3.60. The Kier molecular flexibility index (Phi) is 6.14. The lowest BCUT2D eigenvalue weighted by Crippen LogP contribution is -2.72. The number of nitrogens with two attached hydrogens (primary N) is 1. The first kappa shape index (κ1) is 22.8. The smallest absolute Gasteiger partial charge is 0.353 e. The molecule has 33 heavy (non-hydrogen) atoms. The van der Waals surface area contributed by atoms with Crippen molar-refractivity contribution in [2.24, 2.45) is 5.16 Å². The van der Waals surface area contributed by atoms with Gasteiger partial charge in [-0.05, 0) is 18.9 Å². The number of pyridine rings is 1. The Bertz CT molecular complexity index is 1270. The first-order chi connectivity index (χ1) is 15.7. The maximum atomic E-state index is 12.8. The molecule has 0 unspecified atom stereocenters. The van der Waals surface area contributed by atoms with E-state index in [1.807, 2.05) is 0 Å². The normalized spacial score (nSPS) is 20.3. The van der Waals surface area contributed by atoms with Crippen LogP contribution >= 0.6 is 34.7 Å². The molecule has 6 N–H and O–H groups in total. The van der Waals surface area contributed by atoms with E-state index in [4.69, 9.17) is 17.3 Å². The van der Waals surface area contributed by atoms with E-state index in [-0.39, 0.29) is 26.4 Å². The summed E-state index contributed by atoms with van der Waals surface area (Å²) in [6, 6.07) is 1.26. The number of halogens is 1. The van der Waals surface area contributed by atoms with Gasteiger partial charge in [-0.15, -0.1) is 0 Å². The van der Waals surface area contributed by atoms with Gasteiger partial charge in [0.2, 0.25) is 5.56 Å². The number of thioether (sulfide) groups is 1. The van der Waals surface area contributed by atoms with Crippen molar-refractivity contribution in [3.05, 3.63) is 49.3 Å². The van der Waals surface area contributed by atoms with Crippen LogP contribution in [-0.4, -0.2) is 60.8 Å². The van der Waals surface area contributed by atoms with Crippen LogP contribution < -0.4 is 16.6 Å². The molecule has 2 atom stereocenters. The number of aromatic nitrogens is 2. The largest absolute Gasteiger partial charge is 0.477 e. The van der Waals surface area contributed by atoms with E-state index in [1.165, 1.54) is 12.3 Å². The fourth-order valence-corrected chi connectivity index (χ4v) is 5.57. The Labute approximate surface area is 198 Å². The summed E-state index contributed by atoms with van der Waals surface area (Å²) in [6.07, 6.45) is 2.18. The third-order valence-electron chi connectivity index (χ3n) is 5.02. The first-order valence-corrected chi connectivity index (χ1v) is 11.3. The maximum absolute atomic E-state index is 12.8. The third kappa shape index (κ3) is 4.19. The van der Waals surface area contributed by atoms with Crippen molar-refractivity contribution < 1.29 is 24.7 Å². The van der Waals surface area contributed by atoms with Crippen LogP contribution in [0.15, 0.2) is 43.8 Å². The van der Waals surface area contributed by atoms with Gasteiger partial charge in [0.15, 0.2) is 10.8 Å². The second-order valence-electron chi connectivity index (χ2n) is 6.96. The van der Waals surface area contributed by atoms with E-state index < -0.39 is 35.6 Å². The number of hydrogen-bond acceptors (Lipinski definition) is 10. The highest BCUT2D eigenvalue weighted by molar-refractivity contribution is 8.03. The minimum absolute atomic E-state index is 0.0368. The summed E-state index contributed by atoms with van der Waals surface area (Å²) in [6.45, 7) is 0. The van der Waals surface area contributed by atoms with Gasteiger partial charge < -0.3 is 26.3 Å². The van der Waals surface area contributed by atoms with E-state index in [9.17, 15) is 29.5 Å². The average Bonchev–Trinajstić information content (AvgIpc) is 3.11. The Morgan fingerprint density at radius 2 is 2.15 bits per heavy atom. The van der Waals surface area contributed by atoms with E-state index in [0.29, 0.717) is 22.6 Å². The maximum Gasteiger partial charge on any atom is 0.353 e. The molecule has 12 nitrogen and oxygen atoms in total. The van der Waals surface area contributed by atoms with Gasteiger partial charge in [-0.3, -0.25) is 19.3 Å². The van der Waals surface area contributed by atoms with Gasteiger partial charge in [0, 0.05) is 22.1 Å². The Hall–Kier alpha value is -3.36. The number of carbonyl (C=O) groups excluding carboxylic acids is 2. The number of carboxylic acids is 1. The fraction of sp³-hybridized carbons (Fsp3) is 0.222. The number of β-lactam (4-membered cyclic amide) rings is 1. The molecule has 4 heterocycles. The molecule has 2 aliphatic heterocycles. The van der Waals surface area contributed by atoms with Crippen LogP contribution in [0.3, 0.4) is 0 Å². The molecule has 1 saturated heterocycles. The van der Waals surface area contributed by atoms with Crippen molar-refractivity contribution in [1.29, 1.82) is 0 Å². The van der Waals surface area contributed by atoms with Crippen molar-refractivity contribution >= 4 is 63.3 Å². The van der Waals surface area contributed by atoms with Gasteiger partial charge in [0.1, 0.15) is 21.8 Å². The molecule has 172 valence electrons. The molecule has 0 aromatic carbocycles. The summed E-state index contributed by atoms with van der Waals surface area (Å²) in [5, 5.41) is 24.5. The van der Waals surface area contributed by atoms with Crippen molar-refractivity contribution in [3.63, 3.8) is 0 Å². The number of allylic oxidation sites excluding steroid dienone is 1. The highest BCUT2D eigenvalue weighted by Crippen LogP contribution is 2.42. The third-order valence-corrected chi connectivity index (χ3v) is 7.24. The predicted molar refractivity (Wildman–Crippen MR) is 119 cm³/mol. The standard InChI is InChI=1S/C18H15ClN6O6S2/c19-14-11(23-18(20)33-14)12(24-31)15(27)22-10-7-2-3-8(13(17(29)30)25(7)16(10)28)32-6-1-4-9(26)21-5-6/h1,4-5,7,10,31H,2-3H2,(H2,20,23)(H,21,26)(H,22,27)(H,29,30)/b24-12-/t7-,10+/m1/s1. The number of amides is 2. The van der Waals surface area contributed by atoms with Gasteiger partial charge in [-0.25, -0.2) is 9.78 Å². The Morgan fingerprint density at radius 1 is 1.39 bits per heavy atom. The number of fused-ring (bicyclic) bond motifs is 1. The second-order valence-corrected chi connectivity index (χ2v) is 9.76. The van der Waals surface area contributed by atoms with Gasteiger partial charge in [0.05, 0.1) is 6.04 Å². The van der Waals surface area contributed by atoms with Crippen molar-refractivity contribution in [2.75, 3.05) is 5.73 Å². The molecule has 15 heteroatoms. The van der Waals surface area contributed by atoms with Crippen LogP contribution in [0.2, 0.25) is 4.34 Å². The SMILES string of the molecule is Nc1nc(/C(=N/O)C(=O)N[C@@H]2C(=O)N3C(C(=O)O)=C(Sc4ccc(=O)[nH]c4)CC[C@H]23)c(Cl)s1. The van der Waals surface area contributed by atoms with Crippen molar-refractivity contribution in [1.82, 2.24) is 20.2 Å². The van der Waals surface area contributed by atoms with Crippen LogP contribution in [0.5, 0.6) is 0 Å². The number of H-pyrrole nitrogens is 1. The van der Waals surface area contributed by atoms with Crippen LogP contribution in [0.4, 0.5) is 5.13 Å². The zero-order valence-corrected chi connectivity index (χ0v) is 18.8. The van der Waals surface area contributed by atoms with E-state index in [0.717, 1.165) is 28.0 Å². The molecule has 0 bridgehead atoms. The van der Waals surface area contributed by atoms with E-state index in [2.05, 4.69) is 20.4 Å². The number of anilines is 1. The minimum Gasteiger partial charge on any atom is -0.477 e. The summed E-state index contributed by atoms with van der Waals surface area (Å²) < 4.78 is 0.0368. The topological polar surface area (TPSA) is 191 Å². The predicted octanol–water partition coefficient (Wildman–Crippen LogP) is 0.823. The highest BCUT2D eigenvalue weighted by atomic mass is 35.5. The molecule has 2 aliphatic rings. The number of aliphatic carboxylic acids is 1. The zero-order valence-electron chi connectivity index (χ0n) is 16.4. The van der Waals surface area contributed by atoms with E-state index >= 15 is 0 Å². The van der Waals surface area contributed by atoms with Crippen molar-refractivity contribution in [3.8, 4) is 0 Å². The van der Waals surface area contributed by atoms with Crippen LogP contribution in [0.1, 0.15) is 18.5 Å². The number of carbonyl (C=O) groups is 3. The molecule has 0 aliphatic carbocycles. The number of thiazole rings is 1. The lowest BCUT2D eigenvalue weighted by atomic mass is 9.86. The molecule has 2 aromatic heterocycles. The Morgan fingerprint density at radius 3 is 2.73 bits per heavy atom. The lowest BCUT2D eigenvalue weighted by molar-refractivity contribution is -0.155. The number of aromatic amines is 1. The van der Waals surface area contributed by atoms with Crippen LogP contribution in [0, 0.1) is 0 Å². The summed E-state index contributed by atoms with van der Waals surface area (Å²) in [5.74, 6) is -2.81. The van der Waals surface area contributed by atoms with Gasteiger partial charge in [-0.2, -0.15) is 0 Å². The van der Waals surface area contributed by atoms with E-state index in [1.54, 1.807) is 6.07 Å².